The van der Waals surface area contributed by atoms with Crippen LogP contribution in [0.4, 0.5) is 0 Å². The van der Waals surface area contributed by atoms with Crippen LogP contribution in [0.3, 0.4) is 0 Å². The number of carbonyl (C=O) groups excluding carboxylic acids is 1. The van der Waals surface area contributed by atoms with Crippen LogP contribution in [-0.4, -0.2) is 32.2 Å². The van der Waals surface area contributed by atoms with Gasteiger partial charge in [-0.1, -0.05) is 42.5 Å². The minimum Gasteiger partial charge on any atom is -0.497 e. The molecule has 22 heavy (non-hydrogen) atoms. The van der Waals surface area contributed by atoms with Gasteiger partial charge in [0.25, 0.3) is 5.91 Å². The first-order chi connectivity index (χ1) is 10.7. The van der Waals surface area contributed by atoms with Crippen molar-refractivity contribution in [3.05, 3.63) is 71.8 Å². The molecule has 0 aliphatic heterocycles. The maximum atomic E-state index is 12.2. The Bertz CT molecular complexity index is 648. The second-order valence-corrected chi connectivity index (χ2v) is 4.67. The zero-order chi connectivity index (χ0) is 15.9. The Balaban J connectivity index is 2.45. The lowest BCUT2D eigenvalue weighted by molar-refractivity contribution is -0.162. The topological polar surface area (TPSA) is 38.8 Å². The van der Waals surface area contributed by atoms with Crippen LogP contribution in [-0.2, 0) is 9.63 Å². The molecule has 0 saturated heterocycles. The third kappa shape index (κ3) is 3.74. The number of rotatable bonds is 5. The third-order valence-corrected chi connectivity index (χ3v) is 3.34. The van der Waals surface area contributed by atoms with Crippen LogP contribution in [0.5, 0.6) is 5.75 Å². The maximum absolute atomic E-state index is 12.2. The number of ether oxygens (including phenoxy) is 1. The Morgan fingerprint density at radius 3 is 2.09 bits per heavy atom. The molecule has 2 aromatic rings. The number of methoxy groups -OCH3 is 1. The fourth-order valence-electron chi connectivity index (χ4n) is 2.03. The average molecular weight is 297 g/mol. The molecule has 0 aliphatic carbocycles. The number of amides is 1. The molecule has 0 atom stereocenters. The molecule has 2 rings (SSSR count). The summed E-state index contributed by atoms with van der Waals surface area (Å²) in [5.41, 5.74) is 2.73. The van der Waals surface area contributed by atoms with Gasteiger partial charge in [0, 0.05) is 13.1 Å². The van der Waals surface area contributed by atoms with Gasteiger partial charge in [-0.2, -0.15) is 0 Å². The van der Waals surface area contributed by atoms with E-state index in [-0.39, 0.29) is 5.91 Å². The van der Waals surface area contributed by atoms with E-state index in [1.165, 1.54) is 12.2 Å². The van der Waals surface area contributed by atoms with Crippen LogP contribution in [0.25, 0.3) is 5.57 Å². The summed E-state index contributed by atoms with van der Waals surface area (Å²) in [6.07, 6.45) is 1.57. The third-order valence-electron chi connectivity index (χ3n) is 3.34. The summed E-state index contributed by atoms with van der Waals surface area (Å²) < 4.78 is 5.18. The predicted octanol–water partition coefficient (Wildman–Crippen LogP) is 3.15. The van der Waals surface area contributed by atoms with E-state index in [0.717, 1.165) is 22.4 Å². The number of hydrogen-bond acceptors (Lipinski definition) is 3. The Labute approximate surface area is 130 Å². The first-order valence-corrected chi connectivity index (χ1v) is 6.89. The Kier molecular flexibility index (Phi) is 5.33. The zero-order valence-corrected chi connectivity index (χ0v) is 12.9. The molecule has 0 saturated carbocycles. The Morgan fingerprint density at radius 2 is 1.55 bits per heavy atom. The molecule has 1 amide bonds. The van der Waals surface area contributed by atoms with Crippen molar-refractivity contribution in [2.45, 2.75) is 0 Å². The van der Waals surface area contributed by atoms with Crippen molar-refractivity contribution >= 4 is 11.5 Å². The number of likely N-dealkylation sites (N-methyl/N-ethyl adjacent to an activating group) is 1. The van der Waals surface area contributed by atoms with Crippen molar-refractivity contribution in [3.8, 4) is 5.75 Å². The van der Waals surface area contributed by atoms with Gasteiger partial charge in [-0.3, -0.25) is 9.63 Å². The minimum absolute atomic E-state index is 0.225. The Hall–Kier alpha value is -2.59. The average Bonchev–Trinajstić information content (AvgIpc) is 2.59. The lowest BCUT2D eigenvalue weighted by atomic mass is 9.97. The number of nitrogens with zero attached hydrogens (tertiary/aromatic N) is 1. The van der Waals surface area contributed by atoms with Gasteiger partial charge in [0.1, 0.15) is 5.75 Å². The molecule has 0 unspecified atom stereocenters. The van der Waals surface area contributed by atoms with E-state index in [1.54, 1.807) is 20.2 Å². The fourth-order valence-corrected chi connectivity index (χ4v) is 2.03. The van der Waals surface area contributed by atoms with Crippen molar-refractivity contribution < 1.29 is 14.4 Å². The number of hydrogen-bond donors (Lipinski definition) is 0. The lowest BCUT2D eigenvalue weighted by Gasteiger charge is -2.14. The molecule has 2 aromatic carbocycles. The molecule has 4 heteroatoms. The minimum atomic E-state index is -0.225. The van der Waals surface area contributed by atoms with Crippen LogP contribution < -0.4 is 4.74 Å². The highest BCUT2D eigenvalue weighted by Gasteiger charge is 2.11. The summed E-state index contributed by atoms with van der Waals surface area (Å²) in [7, 11) is 4.66. The molecule has 0 aliphatic rings. The summed E-state index contributed by atoms with van der Waals surface area (Å²) >= 11 is 0. The van der Waals surface area contributed by atoms with Crippen molar-refractivity contribution in [1.82, 2.24) is 5.06 Å². The van der Waals surface area contributed by atoms with Gasteiger partial charge in [-0.15, -0.1) is 0 Å². The fraction of sp³-hybridized carbons (Fsp3) is 0.167. The van der Waals surface area contributed by atoms with E-state index >= 15 is 0 Å². The van der Waals surface area contributed by atoms with Gasteiger partial charge in [0.2, 0.25) is 0 Å². The molecule has 0 spiro atoms. The SMILES string of the molecule is COc1ccc(/C(=C\C(=O)N(C)OC)c2ccccc2)cc1. The summed E-state index contributed by atoms with van der Waals surface area (Å²) in [4.78, 5) is 17.1. The summed E-state index contributed by atoms with van der Waals surface area (Å²) in [6, 6.07) is 17.4. The Morgan fingerprint density at radius 1 is 0.955 bits per heavy atom. The zero-order valence-electron chi connectivity index (χ0n) is 12.9. The molecular weight excluding hydrogens is 278 g/mol. The van der Waals surface area contributed by atoms with E-state index < -0.39 is 0 Å². The second kappa shape index (κ2) is 7.43. The number of benzene rings is 2. The maximum Gasteiger partial charge on any atom is 0.270 e. The summed E-state index contributed by atoms with van der Waals surface area (Å²) in [5.74, 6) is 0.550. The number of carbonyl (C=O) groups is 1. The quantitative estimate of drug-likeness (QED) is 0.628. The largest absolute Gasteiger partial charge is 0.497 e. The van der Waals surface area contributed by atoms with Crippen molar-refractivity contribution in [1.29, 1.82) is 0 Å². The van der Waals surface area contributed by atoms with Crippen molar-refractivity contribution in [2.24, 2.45) is 0 Å². The van der Waals surface area contributed by atoms with Crippen LogP contribution in [0.2, 0.25) is 0 Å². The van der Waals surface area contributed by atoms with E-state index in [9.17, 15) is 4.79 Å². The van der Waals surface area contributed by atoms with Gasteiger partial charge in [0.15, 0.2) is 0 Å². The molecule has 0 radical (unpaired) electrons. The normalized spacial score (nSPS) is 11.1. The van der Waals surface area contributed by atoms with E-state index in [1.807, 2.05) is 54.6 Å². The molecule has 0 fully saturated rings. The van der Waals surface area contributed by atoms with Crippen molar-refractivity contribution in [2.75, 3.05) is 21.3 Å². The molecule has 4 nitrogen and oxygen atoms in total. The number of hydroxylamine groups is 2. The lowest BCUT2D eigenvalue weighted by Crippen LogP contribution is -2.23. The molecule has 0 N–H and O–H groups in total. The first-order valence-electron chi connectivity index (χ1n) is 6.89. The molecule has 0 bridgehead atoms. The molecular formula is C18H19NO3. The van der Waals surface area contributed by atoms with E-state index in [2.05, 4.69) is 0 Å². The predicted molar refractivity (Wildman–Crippen MR) is 86.3 cm³/mol. The standard InChI is InChI=1S/C18H19NO3/c1-19(22-3)18(20)13-17(14-7-5-4-6-8-14)15-9-11-16(21-2)12-10-15/h4-13H,1-3H3/b17-13-. The van der Waals surface area contributed by atoms with E-state index in [0.29, 0.717) is 0 Å². The van der Waals surface area contributed by atoms with Gasteiger partial charge in [-0.05, 0) is 28.8 Å². The summed E-state index contributed by atoms with van der Waals surface area (Å²) in [6.45, 7) is 0. The van der Waals surface area contributed by atoms with Gasteiger partial charge in [0.05, 0.1) is 14.2 Å². The second-order valence-electron chi connectivity index (χ2n) is 4.67. The van der Waals surface area contributed by atoms with Gasteiger partial charge in [-0.25, -0.2) is 5.06 Å². The van der Waals surface area contributed by atoms with Gasteiger partial charge >= 0.3 is 0 Å². The smallest absolute Gasteiger partial charge is 0.270 e. The van der Waals surface area contributed by atoms with Crippen LogP contribution in [0.1, 0.15) is 11.1 Å². The highest BCUT2D eigenvalue weighted by Crippen LogP contribution is 2.25. The van der Waals surface area contributed by atoms with Crippen molar-refractivity contribution in [3.63, 3.8) is 0 Å². The molecule has 0 heterocycles. The highest BCUT2D eigenvalue weighted by atomic mass is 16.7. The van der Waals surface area contributed by atoms with Crippen LogP contribution >= 0.6 is 0 Å². The summed E-state index contributed by atoms with van der Waals surface area (Å²) in [5, 5.41) is 1.19. The molecule has 114 valence electrons. The van der Waals surface area contributed by atoms with Crippen LogP contribution in [0, 0.1) is 0 Å². The first kappa shape index (κ1) is 15.8. The van der Waals surface area contributed by atoms with E-state index in [4.69, 9.17) is 9.57 Å². The monoisotopic (exact) mass is 297 g/mol. The van der Waals surface area contributed by atoms with Crippen LogP contribution in [0.15, 0.2) is 60.7 Å². The highest BCUT2D eigenvalue weighted by molar-refractivity contribution is 5.98. The molecule has 0 aromatic heterocycles. The van der Waals surface area contributed by atoms with Gasteiger partial charge < -0.3 is 4.74 Å².